The maximum absolute atomic E-state index is 5.97. The largest absolute Gasteiger partial charge is 0.383 e. The van der Waals surface area contributed by atoms with E-state index in [-0.39, 0.29) is 6.10 Å². The number of ether oxygens (including phenoxy) is 1. The average molecular weight is 293 g/mol. The first-order valence-electron chi connectivity index (χ1n) is 7.84. The first kappa shape index (κ1) is 16.0. The molecule has 0 bridgehead atoms. The molecule has 1 saturated heterocycles. The summed E-state index contributed by atoms with van der Waals surface area (Å²) in [5.74, 6) is 2.21. The minimum absolute atomic E-state index is 0.198. The Hall–Kier alpha value is -1.40. The van der Waals surface area contributed by atoms with E-state index in [9.17, 15) is 0 Å². The molecule has 1 aliphatic rings. The van der Waals surface area contributed by atoms with Crippen LogP contribution in [0.5, 0.6) is 0 Å². The highest BCUT2D eigenvalue weighted by Crippen LogP contribution is 2.18. The van der Waals surface area contributed by atoms with Crippen LogP contribution in [0, 0.1) is 6.92 Å². The van der Waals surface area contributed by atoms with Gasteiger partial charge in [-0.25, -0.2) is 9.97 Å². The normalized spacial score (nSPS) is 19.7. The Morgan fingerprint density at radius 3 is 2.90 bits per heavy atom. The Balaban J connectivity index is 1.98. The molecular formula is C15H27N5O. The molecule has 21 heavy (non-hydrogen) atoms. The van der Waals surface area contributed by atoms with Crippen LogP contribution in [-0.4, -0.2) is 53.8 Å². The van der Waals surface area contributed by atoms with Gasteiger partial charge in [-0.3, -0.25) is 4.90 Å². The summed E-state index contributed by atoms with van der Waals surface area (Å²) in [6.07, 6.45) is 2.06. The Morgan fingerprint density at radius 1 is 1.38 bits per heavy atom. The van der Waals surface area contributed by atoms with Crippen molar-refractivity contribution in [1.29, 1.82) is 0 Å². The molecule has 6 nitrogen and oxygen atoms in total. The second-order valence-electron chi connectivity index (χ2n) is 5.52. The summed E-state index contributed by atoms with van der Waals surface area (Å²) in [6.45, 7) is 10.8. The van der Waals surface area contributed by atoms with Gasteiger partial charge >= 0.3 is 0 Å². The van der Waals surface area contributed by atoms with E-state index < -0.39 is 0 Å². The zero-order valence-electron chi connectivity index (χ0n) is 13.4. The number of hydrogen-bond acceptors (Lipinski definition) is 6. The Kier molecular flexibility index (Phi) is 5.76. The fourth-order valence-electron chi connectivity index (χ4n) is 2.49. The van der Waals surface area contributed by atoms with E-state index >= 15 is 0 Å². The molecule has 0 aromatic carbocycles. The molecule has 0 radical (unpaired) electrons. The molecule has 0 amide bonds. The molecule has 1 aliphatic heterocycles. The summed E-state index contributed by atoms with van der Waals surface area (Å²) >= 11 is 0. The van der Waals surface area contributed by atoms with Gasteiger partial charge in [0.15, 0.2) is 0 Å². The maximum atomic E-state index is 5.97. The predicted octanol–water partition coefficient (Wildman–Crippen LogP) is 1.45. The van der Waals surface area contributed by atoms with Crippen molar-refractivity contribution in [2.75, 3.05) is 43.8 Å². The van der Waals surface area contributed by atoms with Gasteiger partial charge in [0.05, 0.1) is 12.7 Å². The molecule has 6 heteroatoms. The molecule has 1 atom stereocenters. The van der Waals surface area contributed by atoms with Gasteiger partial charge in [0.25, 0.3) is 0 Å². The van der Waals surface area contributed by atoms with Gasteiger partial charge < -0.3 is 15.8 Å². The summed E-state index contributed by atoms with van der Waals surface area (Å²) in [7, 11) is 0. The number of likely N-dealkylation sites (N-methyl/N-ethyl adjacent to an activating group) is 1. The number of hydrogen-bond donors (Lipinski definition) is 2. The number of morpholine rings is 1. The molecule has 1 fully saturated rings. The van der Waals surface area contributed by atoms with Crippen molar-refractivity contribution in [1.82, 2.24) is 14.9 Å². The van der Waals surface area contributed by atoms with Crippen LogP contribution in [0.15, 0.2) is 0 Å². The molecule has 0 spiro atoms. The molecule has 2 rings (SSSR count). The van der Waals surface area contributed by atoms with E-state index in [2.05, 4.69) is 34.0 Å². The Morgan fingerprint density at radius 2 is 2.19 bits per heavy atom. The number of aromatic nitrogens is 2. The minimum atomic E-state index is 0.198. The van der Waals surface area contributed by atoms with Crippen molar-refractivity contribution in [3.8, 4) is 0 Å². The average Bonchev–Trinajstić information content (AvgIpc) is 2.50. The number of anilines is 2. The molecule has 1 aromatic rings. The van der Waals surface area contributed by atoms with Crippen molar-refractivity contribution in [2.24, 2.45) is 0 Å². The first-order valence-corrected chi connectivity index (χ1v) is 7.84. The summed E-state index contributed by atoms with van der Waals surface area (Å²) in [4.78, 5) is 11.3. The maximum Gasteiger partial charge on any atom is 0.134 e. The number of nitrogen functional groups attached to an aromatic ring is 1. The second kappa shape index (κ2) is 7.56. The smallest absolute Gasteiger partial charge is 0.134 e. The zero-order chi connectivity index (χ0) is 15.2. The van der Waals surface area contributed by atoms with Crippen molar-refractivity contribution >= 4 is 11.6 Å². The fraction of sp³-hybridized carbons (Fsp3) is 0.733. The van der Waals surface area contributed by atoms with Gasteiger partial charge in [0, 0.05) is 31.6 Å². The summed E-state index contributed by atoms with van der Waals surface area (Å²) < 4.78 is 5.80. The number of nitrogens with zero attached hydrogens (tertiary/aromatic N) is 3. The molecule has 118 valence electrons. The number of nitrogens with one attached hydrogen (secondary N) is 1. The van der Waals surface area contributed by atoms with Crippen molar-refractivity contribution in [3.63, 3.8) is 0 Å². The van der Waals surface area contributed by atoms with E-state index in [1.807, 2.05) is 6.92 Å². The molecule has 0 saturated carbocycles. The lowest BCUT2D eigenvalue weighted by molar-refractivity contribution is -0.0192. The van der Waals surface area contributed by atoms with Crippen LogP contribution in [0.4, 0.5) is 11.6 Å². The molecule has 2 heterocycles. The molecule has 0 aliphatic carbocycles. The van der Waals surface area contributed by atoms with Crippen LogP contribution >= 0.6 is 0 Å². The lowest BCUT2D eigenvalue weighted by atomic mass is 10.2. The van der Waals surface area contributed by atoms with E-state index in [0.717, 1.165) is 62.8 Å². The van der Waals surface area contributed by atoms with Gasteiger partial charge in [0.1, 0.15) is 17.5 Å². The highest BCUT2D eigenvalue weighted by atomic mass is 16.5. The van der Waals surface area contributed by atoms with Crippen LogP contribution < -0.4 is 11.1 Å². The third-order valence-electron chi connectivity index (χ3n) is 3.87. The zero-order valence-corrected chi connectivity index (χ0v) is 13.4. The molecule has 3 N–H and O–H groups in total. The van der Waals surface area contributed by atoms with Gasteiger partial charge in [0.2, 0.25) is 0 Å². The Bertz CT molecular complexity index is 466. The quantitative estimate of drug-likeness (QED) is 0.827. The summed E-state index contributed by atoms with van der Waals surface area (Å²) in [5.41, 5.74) is 6.89. The molecule has 1 aromatic heterocycles. The third-order valence-corrected chi connectivity index (χ3v) is 3.87. The van der Waals surface area contributed by atoms with Crippen LogP contribution in [0.1, 0.15) is 31.7 Å². The first-order chi connectivity index (χ1) is 10.1. The Labute approximate surface area is 127 Å². The topological polar surface area (TPSA) is 76.3 Å². The van der Waals surface area contributed by atoms with Gasteiger partial charge in [-0.05, 0) is 19.9 Å². The number of nitrogens with two attached hydrogens (primary N) is 1. The van der Waals surface area contributed by atoms with E-state index in [1.165, 1.54) is 0 Å². The highest BCUT2D eigenvalue weighted by molar-refractivity contribution is 5.54. The van der Waals surface area contributed by atoms with Crippen LogP contribution in [0.3, 0.4) is 0 Å². The van der Waals surface area contributed by atoms with Crippen molar-refractivity contribution < 1.29 is 4.74 Å². The standard InChI is InChI=1S/C15H27N5O/c1-4-6-13-18-14(16)11(3)15(19-13)17-9-12-10-20(5-2)7-8-21-12/h12H,4-10H2,1-3H3,(H3,16,17,18,19). The fourth-order valence-corrected chi connectivity index (χ4v) is 2.49. The number of aryl methyl sites for hydroxylation is 1. The van der Waals surface area contributed by atoms with Crippen molar-refractivity contribution in [2.45, 2.75) is 39.7 Å². The third kappa shape index (κ3) is 4.28. The van der Waals surface area contributed by atoms with Crippen LogP contribution in [0.2, 0.25) is 0 Å². The number of rotatable bonds is 6. The van der Waals surface area contributed by atoms with E-state index in [0.29, 0.717) is 5.82 Å². The monoisotopic (exact) mass is 293 g/mol. The lowest BCUT2D eigenvalue weighted by Crippen LogP contribution is -2.45. The van der Waals surface area contributed by atoms with Crippen molar-refractivity contribution in [3.05, 3.63) is 11.4 Å². The molecule has 1 unspecified atom stereocenters. The summed E-state index contributed by atoms with van der Waals surface area (Å²) in [6, 6.07) is 0. The lowest BCUT2D eigenvalue weighted by Gasteiger charge is -2.32. The second-order valence-corrected chi connectivity index (χ2v) is 5.52. The van der Waals surface area contributed by atoms with Gasteiger partial charge in [-0.15, -0.1) is 0 Å². The minimum Gasteiger partial charge on any atom is -0.383 e. The van der Waals surface area contributed by atoms with Gasteiger partial charge in [-0.1, -0.05) is 13.8 Å². The van der Waals surface area contributed by atoms with E-state index in [1.54, 1.807) is 0 Å². The SMILES string of the molecule is CCCc1nc(N)c(C)c(NCC2CN(CC)CCO2)n1. The van der Waals surface area contributed by atoms with Gasteiger partial charge in [-0.2, -0.15) is 0 Å². The molecular weight excluding hydrogens is 266 g/mol. The predicted molar refractivity (Wildman–Crippen MR) is 85.5 cm³/mol. The van der Waals surface area contributed by atoms with Crippen LogP contribution in [0.25, 0.3) is 0 Å². The summed E-state index contributed by atoms with van der Waals surface area (Å²) in [5, 5.41) is 3.38. The van der Waals surface area contributed by atoms with E-state index in [4.69, 9.17) is 10.5 Å². The van der Waals surface area contributed by atoms with Crippen LogP contribution in [-0.2, 0) is 11.2 Å². The highest BCUT2D eigenvalue weighted by Gasteiger charge is 2.19.